The molecule has 1 saturated carbocycles. The van der Waals surface area contributed by atoms with Gasteiger partial charge >= 0.3 is 0 Å². The largest absolute Gasteiger partial charge is 0.367 e. The molecule has 5 rings (SSSR count). The van der Waals surface area contributed by atoms with Crippen LogP contribution in [0.5, 0.6) is 0 Å². The number of carbonyl (C=O) groups is 2. The predicted octanol–water partition coefficient (Wildman–Crippen LogP) is 3.33. The van der Waals surface area contributed by atoms with Crippen LogP contribution >= 0.6 is 0 Å². The van der Waals surface area contributed by atoms with Crippen molar-refractivity contribution in [3.05, 3.63) is 46.0 Å². The van der Waals surface area contributed by atoms with Crippen LogP contribution in [-0.2, 0) is 4.79 Å². The van der Waals surface area contributed by atoms with E-state index in [2.05, 4.69) is 20.2 Å². The van der Waals surface area contributed by atoms with E-state index in [1.54, 1.807) is 23.9 Å². The van der Waals surface area contributed by atoms with Crippen molar-refractivity contribution in [2.45, 2.75) is 64.8 Å². The third-order valence-electron chi connectivity index (χ3n) is 8.08. The molecule has 3 aromatic rings. The van der Waals surface area contributed by atoms with Gasteiger partial charge in [-0.15, -0.1) is 0 Å². The summed E-state index contributed by atoms with van der Waals surface area (Å²) in [6.07, 6.45) is 9.65. The first-order chi connectivity index (χ1) is 19.4. The SMILES string of the molecule is CC(=O)c1c(C)c2cnc(Nc3ccc(N4CCN(C(=O)CCCCN)CC4)cn3)nc2n(C2CCCC2)c1=O. The molecule has 212 valence electrons. The van der Waals surface area contributed by atoms with Crippen LogP contribution in [0, 0.1) is 6.92 Å². The van der Waals surface area contributed by atoms with Gasteiger partial charge in [0, 0.05) is 50.2 Å². The summed E-state index contributed by atoms with van der Waals surface area (Å²) in [5.41, 5.74) is 7.64. The van der Waals surface area contributed by atoms with Gasteiger partial charge in [0.2, 0.25) is 11.9 Å². The third kappa shape index (κ3) is 5.70. The molecule has 0 unspecified atom stereocenters. The topological polar surface area (TPSA) is 139 Å². The van der Waals surface area contributed by atoms with Gasteiger partial charge in [-0.05, 0) is 63.8 Å². The molecule has 0 atom stereocenters. The number of Topliss-reactive ketones (excluding diaryl/α,β-unsaturated/α-hetero) is 1. The van der Waals surface area contributed by atoms with Crippen molar-refractivity contribution in [3.8, 4) is 0 Å². The molecule has 1 amide bonds. The third-order valence-corrected chi connectivity index (χ3v) is 8.08. The summed E-state index contributed by atoms with van der Waals surface area (Å²) in [6, 6.07) is 3.89. The first-order valence-corrected chi connectivity index (χ1v) is 14.3. The molecule has 2 aliphatic rings. The maximum atomic E-state index is 13.4. The molecule has 0 aromatic carbocycles. The van der Waals surface area contributed by atoms with Gasteiger partial charge in [-0.2, -0.15) is 4.98 Å². The first kappa shape index (κ1) is 27.7. The highest BCUT2D eigenvalue weighted by atomic mass is 16.2. The molecule has 40 heavy (non-hydrogen) atoms. The average molecular weight is 547 g/mol. The number of nitrogens with one attached hydrogen (secondary N) is 1. The number of ketones is 1. The van der Waals surface area contributed by atoms with Crippen molar-refractivity contribution < 1.29 is 9.59 Å². The van der Waals surface area contributed by atoms with Crippen molar-refractivity contribution in [2.24, 2.45) is 5.73 Å². The number of hydrogen-bond donors (Lipinski definition) is 2. The standard InChI is InChI=1S/C29H38N8O3/c1-19-23-18-32-29(34-27(23)37(21-7-3-4-8-21)28(40)26(19)20(2)38)33-24-11-10-22(17-31-24)35-13-15-36(16-14-35)25(39)9-5-6-12-30/h10-11,17-18,21H,3-9,12-16,30H2,1-2H3,(H,31,32,33,34). The molecule has 11 nitrogen and oxygen atoms in total. The minimum Gasteiger partial charge on any atom is -0.367 e. The smallest absolute Gasteiger partial charge is 0.263 e. The lowest BCUT2D eigenvalue weighted by Crippen LogP contribution is -2.48. The number of aromatic nitrogens is 4. The van der Waals surface area contributed by atoms with E-state index in [0.717, 1.165) is 57.3 Å². The fourth-order valence-electron chi connectivity index (χ4n) is 5.86. The summed E-state index contributed by atoms with van der Waals surface area (Å²) >= 11 is 0. The van der Waals surface area contributed by atoms with Gasteiger partial charge < -0.3 is 20.9 Å². The fraction of sp³-hybridized carbons (Fsp3) is 0.517. The Hall–Kier alpha value is -3.86. The second-order valence-electron chi connectivity index (χ2n) is 10.7. The number of amides is 1. The molecule has 0 radical (unpaired) electrons. The van der Waals surface area contributed by atoms with Gasteiger partial charge in [-0.3, -0.25) is 19.0 Å². The highest BCUT2D eigenvalue weighted by Crippen LogP contribution is 2.32. The Morgan fingerprint density at radius 2 is 1.80 bits per heavy atom. The lowest BCUT2D eigenvalue weighted by Gasteiger charge is -2.36. The summed E-state index contributed by atoms with van der Waals surface area (Å²) in [6.45, 7) is 6.74. The van der Waals surface area contributed by atoms with Gasteiger partial charge in [0.15, 0.2) is 5.78 Å². The van der Waals surface area contributed by atoms with Gasteiger partial charge in [0.05, 0.1) is 17.4 Å². The van der Waals surface area contributed by atoms with Crippen LogP contribution in [0.4, 0.5) is 17.5 Å². The van der Waals surface area contributed by atoms with E-state index in [0.29, 0.717) is 54.4 Å². The zero-order chi connectivity index (χ0) is 28.2. The molecule has 3 N–H and O–H groups in total. The molecule has 0 spiro atoms. The summed E-state index contributed by atoms with van der Waals surface area (Å²) in [7, 11) is 0. The van der Waals surface area contributed by atoms with E-state index in [9.17, 15) is 14.4 Å². The normalized spacial score (nSPS) is 16.1. The molecule has 2 fully saturated rings. The zero-order valence-electron chi connectivity index (χ0n) is 23.4. The second-order valence-corrected chi connectivity index (χ2v) is 10.7. The molecule has 0 bridgehead atoms. The molecule has 1 aliphatic carbocycles. The van der Waals surface area contributed by atoms with Crippen LogP contribution in [0.3, 0.4) is 0 Å². The zero-order valence-corrected chi connectivity index (χ0v) is 23.4. The summed E-state index contributed by atoms with van der Waals surface area (Å²) in [4.78, 5) is 56.1. The van der Waals surface area contributed by atoms with Crippen LogP contribution in [0.2, 0.25) is 0 Å². The number of pyridine rings is 2. The average Bonchev–Trinajstić information content (AvgIpc) is 3.48. The van der Waals surface area contributed by atoms with Gasteiger partial charge in [0.25, 0.3) is 5.56 Å². The molecular formula is C29H38N8O3. The number of rotatable bonds is 9. The van der Waals surface area contributed by atoms with Crippen molar-refractivity contribution in [2.75, 3.05) is 42.9 Å². The molecule has 3 aromatic heterocycles. The molecule has 1 saturated heterocycles. The summed E-state index contributed by atoms with van der Waals surface area (Å²) < 4.78 is 1.71. The van der Waals surface area contributed by atoms with Gasteiger partial charge in [-0.1, -0.05) is 12.8 Å². The Labute approximate surface area is 233 Å². The number of nitrogens with zero attached hydrogens (tertiary/aromatic N) is 6. The number of unbranched alkanes of at least 4 members (excludes halogenated alkanes) is 1. The quantitative estimate of drug-likeness (QED) is 0.305. The van der Waals surface area contributed by atoms with Crippen LogP contribution in [0.15, 0.2) is 29.3 Å². The van der Waals surface area contributed by atoms with E-state index in [1.807, 2.05) is 17.0 Å². The van der Waals surface area contributed by atoms with Crippen LogP contribution in [0.25, 0.3) is 11.0 Å². The second kappa shape index (κ2) is 12.1. The van der Waals surface area contributed by atoms with Gasteiger partial charge in [-0.25, -0.2) is 9.97 Å². The van der Waals surface area contributed by atoms with Crippen molar-refractivity contribution in [1.29, 1.82) is 0 Å². The maximum Gasteiger partial charge on any atom is 0.263 e. The Morgan fingerprint density at radius 1 is 1.05 bits per heavy atom. The highest BCUT2D eigenvalue weighted by molar-refractivity contribution is 5.99. The maximum absolute atomic E-state index is 13.4. The number of aryl methyl sites for hydroxylation is 1. The van der Waals surface area contributed by atoms with E-state index < -0.39 is 0 Å². The number of hydrogen-bond acceptors (Lipinski definition) is 9. The predicted molar refractivity (Wildman–Crippen MR) is 155 cm³/mol. The molecule has 1 aliphatic heterocycles. The first-order valence-electron chi connectivity index (χ1n) is 14.3. The Bertz CT molecular complexity index is 1440. The van der Waals surface area contributed by atoms with Crippen molar-refractivity contribution in [1.82, 2.24) is 24.4 Å². The summed E-state index contributed by atoms with van der Waals surface area (Å²) in [5, 5.41) is 3.88. The Balaban J connectivity index is 1.31. The van der Waals surface area contributed by atoms with E-state index >= 15 is 0 Å². The Morgan fingerprint density at radius 3 is 2.45 bits per heavy atom. The molecule has 11 heteroatoms. The van der Waals surface area contributed by atoms with E-state index in [-0.39, 0.29) is 28.9 Å². The van der Waals surface area contributed by atoms with Crippen LogP contribution < -0.4 is 21.5 Å². The lowest BCUT2D eigenvalue weighted by atomic mass is 10.0. The minimum absolute atomic E-state index is 0.0237. The fourth-order valence-corrected chi connectivity index (χ4v) is 5.86. The monoisotopic (exact) mass is 546 g/mol. The molecule has 4 heterocycles. The number of anilines is 3. The summed E-state index contributed by atoms with van der Waals surface area (Å²) in [5.74, 6) is 0.893. The number of carbonyl (C=O) groups excluding carboxylic acids is 2. The molecular weight excluding hydrogens is 508 g/mol. The number of fused-ring (bicyclic) bond motifs is 1. The van der Waals surface area contributed by atoms with E-state index in [1.165, 1.54) is 6.92 Å². The van der Waals surface area contributed by atoms with E-state index in [4.69, 9.17) is 10.7 Å². The van der Waals surface area contributed by atoms with Crippen LogP contribution in [0.1, 0.15) is 73.8 Å². The minimum atomic E-state index is -0.270. The van der Waals surface area contributed by atoms with Crippen LogP contribution in [-0.4, -0.2) is 68.8 Å². The number of nitrogens with two attached hydrogens (primary N) is 1. The van der Waals surface area contributed by atoms with Crippen molar-refractivity contribution in [3.63, 3.8) is 0 Å². The Kier molecular flexibility index (Phi) is 8.39. The highest BCUT2D eigenvalue weighted by Gasteiger charge is 2.26. The lowest BCUT2D eigenvalue weighted by molar-refractivity contribution is -0.131. The number of piperazine rings is 1. The van der Waals surface area contributed by atoms with Gasteiger partial charge in [0.1, 0.15) is 11.5 Å². The van der Waals surface area contributed by atoms with Crippen molar-refractivity contribution >= 4 is 40.2 Å².